The maximum Gasteiger partial charge on any atom is 0.116 e. The van der Waals surface area contributed by atoms with Gasteiger partial charge in [0.25, 0.3) is 0 Å². The van der Waals surface area contributed by atoms with Gasteiger partial charge in [-0.25, -0.2) is 4.98 Å². The van der Waals surface area contributed by atoms with E-state index in [1.807, 2.05) is 36.7 Å². The summed E-state index contributed by atoms with van der Waals surface area (Å²) in [6, 6.07) is 7.94. The van der Waals surface area contributed by atoms with E-state index in [2.05, 4.69) is 9.55 Å². The van der Waals surface area contributed by atoms with E-state index in [9.17, 15) is 0 Å². The Bertz CT molecular complexity index is 495. The van der Waals surface area contributed by atoms with Crippen molar-refractivity contribution < 1.29 is 0 Å². The number of halogens is 1. The first-order chi connectivity index (χ1) is 8.34. The summed E-state index contributed by atoms with van der Waals surface area (Å²) < 4.78 is 2.19. The Labute approximate surface area is 106 Å². The fraction of sp³-hybridized carbons (Fsp3) is 0.357. The second kappa shape index (κ2) is 4.53. The van der Waals surface area contributed by atoms with Crippen LogP contribution in [0.5, 0.6) is 0 Å². The Hall–Kier alpha value is -1.28. The largest absolute Gasteiger partial charge is 0.304 e. The maximum absolute atomic E-state index is 5.92. The molecule has 2 aromatic rings. The van der Waals surface area contributed by atoms with E-state index in [4.69, 9.17) is 11.6 Å². The van der Waals surface area contributed by atoms with Crippen LogP contribution in [0.25, 0.3) is 5.69 Å². The zero-order valence-electron chi connectivity index (χ0n) is 9.64. The monoisotopic (exact) mass is 246 g/mol. The molecular weight excluding hydrogens is 232 g/mol. The minimum Gasteiger partial charge on any atom is -0.304 e. The van der Waals surface area contributed by atoms with Gasteiger partial charge in [-0.2, -0.15) is 0 Å². The summed E-state index contributed by atoms with van der Waals surface area (Å²) >= 11 is 5.92. The molecule has 1 aliphatic carbocycles. The minimum atomic E-state index is 0.626. The van der Waals surface area contributed by atoms with Crippen LogP contribution < -0.4 is 0 Å². The number of imidazole rings is 1. The highest BCUT2D eigenvalue weighted by Crippen LogP contribution is 2.34. The third-order valence-electron chi connectivity index (χ3n) is 3.49. The van der Waals surface area contributed by atoms with Crippen LogP contribution >= 0.6 is 11.6 Å². The molecule has 0 saturated heterocycles. The van der Waals surface area contributed by atoms with Gasteiger partial charge in [0, 0.05) is 29.0 Å². The molecule has 0 atom stereocenters. The highest BCUT2D eigenvalue weighted by Gasteiger charge is 2.21. The number of nitrogens with zero attached hydrogens (tertiary/aromatic N) is 2. The molecule has 2 nitrogen and oxygen atoms in total. The van der Waals surface area contributed by atoms with Gasteiger partial charge in [0.15, 0.2) is 0 Å². The van der Waals surface area contributed by atoms with E-state index in [0.717, 1.165) is 10.7 Å². The fourth-order valence-corrected chi connectivity index (χ4v) is 2.75. The summed E-state index contributed by atoms with van der Waals surface area (Å²) in [7, 11) is 0. The summed E-state index contributed by atoms with van der Waals surface area (Å²) in [6.45, 7) is 0. The second-order valence-electron chi connectivity index (χ2n) is 4.61. The molecule has 3 heteroatoms. The van der Waals surface area contributed by atoms with Crippen LogP contribution in [0.2, 0.25) is 5.02 Å². The minimum absolute atomic E-state index is 0.626. The van der Waals surface area contributed by atoms with Gasteiger partial charge in [-0.05, 0) is 37.1 Å². The predicted molar refractivity (Wildman–Crippen MR) is 69.8 cm³/mol. The Morgan fingerprint density at radius 2 is 1.82 bits per heavy atom. The van der Waals surface area contributed by atoms with Crippen LogP contribution in [0, 0.1) is 0 Å². The fourth-order valence-electron chi connectivity index (χ4n) is 2.62. The van der Waals surface area contributed by atoms with E-state index in [1.165, 1.54) is 31.5 Å². The van der Waals surface area contributed by atoms with Crippen molar-refractivity contribution in [1.29, 1.82) is 0 Å². The lowest BCUT2D eigenvalue weighted by atomic mass is 10.1. The highest BCUT2D eigenvalue weighted by atomic mass is 35.5. The van der Waals surface area contributed by atoms with Crippen LogP contribution in [0.4, 0.5) is 0 Å². The van der Waals surface area contributed by atoms with Gasteiger partial charge < -0.3 is 4.57 Å². The molecule has 0 amide bonds. The third kappa shape index (κ3) is 2.09. The van der Waals surface area contributed by atoms with Crippen molar-refractivity contribution in [2.45, 2.75) is 31.6 Å². The molecule has 1 aromatic heterocycles. The van der Waals surface area contributed by atoms with E-state index < -0.39 is 0 Å². The first-order valence-electron chi connectivity index (χ1n) is 6.14. The lowest BCUT2D eigenvalue weighted by molar-refractivity contribution is 0.655. The number of hydrogen-bond donors (Lipinski definition) is 0. The summed E-state index contributed by atoms with van der Waals surface area (Å²) in [4.78, 5) is 4.53. The van der Waals surface area contributed by atoms with Crippen LogP contribution in [0.15, 0.2) is 36.7 Å². The first-order valence-corrected chi connectivity index (χ1v) is 6.51. The highest BCUT2D eigenvalue weighted by molar-refractivity contribution is 6.30. The quantitative estimate of drug-likeness (QED) is 0.777. The number of rotatable bonds is 2. The number of benzene rings is 1. The lowest BCUT2D eigenvalue weighted by Crippen LogP contribution is -2.04. The predicted octanol–water partition coefficient (Wildman–Crippen LogP) is 4.18. The van der Waals surface area contributed by atoms with Crippen molar-refractivity contribution in [2.24, 2.45) is 0 Å². The average Bonchev–Trinajstić information content (AvgIpc) is 3.00. The molecule has 0 unspecified atom stereocenters. The van der Waals surface area contributed by atoms with Crippen molar-refractivity contribution in [2.75, 3.05) is 0 Å². The normalized spacial score (nSPS) is 16.5. The van der Waals surface area contributed by atoms with Gasteiger partial charge in [-0.3, -0.25) is 0 Å². The van der Waals surface area contributed by atoms with E-state index in [-0.39, 0.29) is 0 Å². The molecule has 0 aliphatic heterocycles. The van der Waals surface area contributed by atoms with Gasteiger partial charge in [-0.15, -0.1) is 0 Å². The number of hydrogen-bond acceptors (Lipinski definition) is 1. The summed E-state index contributed by atoms with van der Waals surface area (Å²) in [5, 5.41) is 0.774. The molecular formula is C14H15ClN2. The number of aromatic nitrogens is 2. The van der Waals surface area contributed by atoms with Crippen LogP contribution in [-0.2, 0) is 0 Å². The zero-order chi connectivity index (χ0) is 11.7. The van der Waals surface area contributed by atoms with Crippen LogP contribution in [0.3, 0.4) is 0 Å². The van der Waals surface area contributed by atoms with Gasteiger partial charge >= 0.3 is 0 Å². The molecule has 1 aliphatic rings. The zero-order valence-corrected chi connectivity index (χ0v) is 10.4. The molecule has 0 radical (unpaired) electrons. The third-order valence-corrected chi connectivity index (χ3v) is 3.75. The average molecular weight is 247 g/mol. The van der Waals surface area contributed by atoms with Gasteiger partial charge in [0.05, 0.1) is 0 Å². The van der Waals surface area contributed by atoms with Gasteiger partial charge in [0.1, 0.15) is 5.82 Å². The molecule has 88 valence electrons. The standard InChI is InChI=1S/C14H15ClN2/c15-12-5-7-13(8-6-12)17-10-9-16-14(17)11-3-1-2-4-11/h5-11H,1-4H2. The summed E-state index contributed by atoms with van der Waals surface area (Å²) in [5.74, 6) is 1.82. The molecule has 0 spiro atoms. The van der Waals surface area contributed by atoms with Gasteiger partial charge in [0.2, 0.25) is 0 Å². The van der Waals surface area contributed by atoms with Crippen molar-refractivity contribution in [3.05, 3.63) is 47.5 Å². The SMILES string of the molecule is Clc1ccc(-n2ccnc2C2CCCC2)cc1. The molecule has 1 saturated carbocycles. The Kier molecular flexibility index (Phi) is 2.89. The summed E-state index contributed by atoms with van der Waals surface area (Å²) in [5.41, 5.74) is 1.15. The van der Waals surface area contributed by atoms with Crippen molar-refractivity contribution >= 4 is 11.6 Å². The maximum atomic E-state index is 5.92. The smallest absolute Gasteiger partial charge is 0.116 e. The second-order valence-corrected chi connectivity index (χ2v) is 5.05. The molecule has 1 heterocycles. The molecule has 3 rings (SSSR count). The van der Waals surface area contributed by atoms with Crippen molar-refractivity contribution in [3.8, 4) is 5.69 Å². The van der Waals surface area contributed by atoms with Crippen LogP contribution in [0.1, 0.15) is 37.4 Å². The van der Waals surface area contributed by atoms with Crippen LogP contribution in [-0.4, -0.2) is 9.55 Å². The Morgan fingerprint density at radius 1 is 1.12 bits per heavy atom. The van der Waals surface area contributed by atoms with Crippen molar-refractivity contribution in [3.63, 3.8) is 0 Å². The van der Waals surface area contributed by atoms with E-state index in [1.54, 1.807) is 0 Å². The molecule has 1 aromatic carbocycles. The molecule has 0 N–H and O–H groups in total. The Morgan fingerprint density at radius 3 is 2.53 bits per heavy atom. The van der Waals surface area contributed by atoms with Crippen molar-refractivity contribution in [1.82, 2.24) is 9.55 Å². The molecule has 17 heavy (non-hydrogen) atoms. The van der Waals surface area contributed by atoms with E-state index >= 15 is 0 Å². The Balaban J connectivity index is 1.97. The topological polar surface area (TPSA) is 17.8 Å². The summed E-state index contributed by atoms with van der Waals surface area (Å²) in [6.07, 6.45) is 9.13. The first kappa shape index (κ1) is 10.8. The molecule has 0 bridgehead atoms. The van der Waals surface area contributed by atoms with Gasteiger partial charge in [-0.1, -0.05) is 24.4 Å². The molecule has 1 fully saturated rings. The lowest BCUT2D eigenvalue weighted by Gasteiger charge is -2.12. The van der Waals surface area contributed by atoms with E-state index in [0.29, 0.717) is 5.92 Å².